The Labute approximate surface area is 535 Å². The SMILES string of the molecule is N#Cc1c(-n2c3ccc(-n4c5ccccc5c5ccccc54)cc3c3cc(-n4c5ccccc5c5ccccc54)ccc32)ccc(-c2cc(F)cc(F)c2)c1-n1c2ccc(-n3c4ccccc4c4ccccc43)cc2c2cc(-n3c4ccccc4c4ccccc43)ccc21. The third-order valence-corrected chi connectivity index (χ3v) is 19.7. The first kappa shape index (κ1) is 52.0. The lowest BCUT2D eigenvalue weighted by molar-refractivity contribution is 0.584. The molecule has 0 saturated carbocycles. The van der Waals surface area contributed by atoms with Gasteiger partial charge >= 0.3 is 0 Å². The molecule has 9 heteroatoms. The van der Waals surface area contributed by atoms with Crippen molar-refractivity contribution in [2.45, 2.75) is 0 Å². The van der Waals surface area contributed by atoms with Crippen LogP contribution in [0.15, 0.2) is 297 Å². The lowest BCUT2D eigenvalue weighted by atomic mass is 9.97. The molecule has 20 rings (SSSR count). The maximum Gasteiger partial charge on any atom is 0.126 e. The average Bonchev–Trinajstić information content (AvgIpc) is 1.61. The molecule has 14 aromatic carbocycles. The fourth-order valence-corrected chi connectivity index (χ4v) is 15.9. The summed E-state index contributed by atoms with van der Waals surface area (Å²) >= 11 is 0. The van der Waals surface area contributed by atoms with Crippen molar-refractivity contribution in [2.24, 2.45) is 0 Å². The second-order valence-electron chi connectivity index (χ2n) is 24.6. The summed E-state index contributed by atoms with van der Waals surface area (Å²) in [4.78, 5) is 0. The highest BCUT2D eigenvalue weighted by Crippen LogP contribution is 2.46. The van der Waals surface area contributed by atoms with Crippen molar-refractivity contribution in [3.8, 4) is 51.3 Å². The molecule has 0 saturated heterocycles. The van der Waals surface area contributed by atoms with Crippen LogP contribution in [0, 0.1) is 23.0 Å². The van der Waals surface area contributed by atoms with Crippen LogP contribution in [0.4, 0.5) is 8.78 Å². The highest BCUT2D eigenvalue weighted by molar-refractivity contribution is 6.17. The summed E-state index contributed by atoms with van der Waals surface area (Å²) in [7, 11) is 0. The second kappa shape index (κ2) is 19.6. The topological polar surface area (TPSA) is 53.4 Å². The van der Waals surface area contributed by atoms with E-state index in [0.29, 0.717) is 28.1 Å². The van der Waals surface area contributed by atoms with Gasteiger partial charge in [0.1, 0.15) is 23.3 Å². The van der Waals surface area contributed by atoms with Crippen molar-refractivity contribution in [3.63, 3.8) is 0 Å². The van der Waals surface area contributed by atoms with Crippen molar-refractivity contribution < 1.29 is 8.78 Å². The molecule has 94 heavy (non-hydrogen) atoms. The number of nitriles is 1. The summed E-state index contributed by atoms with van der Waals surface area (Å²) in [6.45, 7) is 0. The Morgan fingerprint density at radius 1 is 0.234 bits per heavy atom. The number of aromatic nitrogens is 6. The predicted molar refractivity (Wildman–Crippen MR) is 383 cm³/mol. The lowest BCUT2D eigenvalue weighted by Crippen LogP contribution is -2.07. The van der Waals surface area contributed by atoms with Crippen LogP contribution in [-0.4, -0.2) is 27.4 Å². The summed E-state index contributed by atoms with van der Waals surface area (Å²) in [5, 5.41) is 25.4. The van der Waals surface area contributed by atoms with Gasteiger partial charge in [0.25, 0.3) is 0 Å². The van der Waals surface area contributed by atoms with Crippen LogP contribution in [0.2, 0.25) is 0 Å². The Hall–Kier alpha value is -12.8. The number of nitrogens with zero attached hydrogens (tertiary/aromatic N) is 7. The average molecular weight is 1210 g/mol. The molecular formula is C85H49F2N7. The van der Waals surface area contributed by atoms with E-state index >= 15 is 8.78 Å². The van der Waals surface area contributed by atoms with Crippen molar-refractivity contribution >= 4 is 131 Å². The minimum absolute atomic E-state index is 0.295. The van der Waals surface area contributed by atoms with Crippen LogP contribution in [-0.2, 0) is 0 Å². The number of fused-ring (bicyclic) bond motifs is 18. The van der Waals surface area contributed by atoms with Crippen molar-refractivity contribution in [1.82, 2.24) is 27.4 Å². The highest BCUT2D eigenvalue weighted by Gasteiger charge is 2.28. The van der Waals surface area contributed by atoms with Crippen LogP contribution in [0.25, 0.3) is 176 Å². The first-order valence-electron chi connectivity index (χ1n) is 31.6. The monoisotopic (exact) mass is 1210 g/mol. The van der Waals surface area contributed by atoms with Gasteiger partial charge in [0.2, 0.25) is 0 Å². The number of hydrogen-bond donors (Lipinski definition) is 0. The molecule has 0 N–H and O–H groups in total. The molecule has 0 radical (unpaired) electrons. The molecule has 6 heterocycles. The summed E-state index contributed by atoms with van der Waals surface area (Å²) in [6.07, 6.45) is 0. The molecule has 6 aromatic heterocycles. The van der Waals surface area contributed by atoms with E-state index in [1.54, 1.807) is 0 Å². The normalized spacial score (nSPS) is 12.1. The first-order chi connectivity index (χ1) is 46.4. The third-order valence-electron chi connectivity index (χ3n) is 19.7. The quantitative estimate of drug-likeness (QED) is 0.157. The minimum atomic E-state index is -0.724. The Morgan fingerprint density at radius 3 is 0.766 bits per heavy atom. The minimum Gasteiger partial charge on any atom is -0.309 e. The predicted octanol–water partition coefficient (Wildman–Crippen LogP) is 22.1. The number of para-hydroxylation sites is 8. The third kappa shape index (κ3) is 7.27. The molecule has 0 unspecified atom stereocenters. The van der Waals surface area contributed by atoms with E-state index in [9.17, 15) is 5.26 Å². The van der Waals surface area contributed by atoms with Gasteiger partial charge in [0, 0.05) is 99.0 Å². The number of rotatable bonds is 7. The molecular weight excluding hydrogens is 1160 g/mol. The van der Waals surface area contributed by atoms with E-state index < -0.39 is 11.6 Å². The van der Waals surface area contributed by atoms with Crippen LogP contribution in [0.1, 0.15) is 5.56 Å². The summed E-state index contributed by atoms with van der Waals surface area (Å²) in [5.41, 5.74) is 18.1. The van der Waals surface area contributed by atoms with Crippen molar-refractivity contribution in [3.05, 3.63) is 314 Å². The van der Waals surface area contributed by atoms with E-state index in [2.05, 4.69) is 300 Å². The largest absolute Gasteiger partial charge is 0.309 e. The zero-order valence-electron chi connectivity index (χ0n) is 50.2. The van der Waals surface area contributed by atoms with Crippen molar-refractivity contribution in [2.75, 3.05) is 0 Å². The summed E-state index contributed by atoms with van der Waals surface area (Å²) < 4.78 is 45.8. The van der Waals surface area contributed by atoms with E-state index in [4.69, 9.17) is 0 Å². The number of halogens is 2. The molecule has 0 aliphatic heterocycles. The molecule has 0 bridgehead atoms. The fraction of sp³-hybridized carbons (Fsp3) is 0. The molecule has 0 fully saturated rings. The standard InChI is InChI=1S/C85H49F2N7/c86-52-43-51(44-53(87)45-52)58-37-42-84(93-80-38-33-54(89-72-25-9-1-17-59(72)60-18-2-10-26-73(60)89)46-67(80)68-47-55(34-39-81(68)93)90-74-27-11-3-19-61(74)62-20-4-12-28-75(62)90)71(50-88)85(58)94-82-40-35-56(91-76-29-13-5-21-63(76)64-22-6-14-30-77(64)91)48-69(82)70-49-57(36-41-83(70)94)92-78-31-15-7-23-65(78)66-24-8-16-32-79(66)92/h1-49H. The summed E-state index contributed by atoms with van der Waals surface area (Å²) in [5.74, 6) is -1.45. The van der Waals surface area contributed by atoms with E-state index in [1.807, 2.05) is 12.1 Å². The lowest BCUT2D eigenvalue weighted by Gasteiger charge is -2.20. The maximum absolute atomic E-state index is 16.0. The van der Waals surface area contributed by atoms with Gasteiger partial charge in [-0.25, -0.2) is 8.78 Å². The van der Waals surface area contributed by atoms with Crippen LogP contribution in [0.3, 0.4) is 0 Å². The molecule has 7 nitrogen and oxygen atoms in total. The Morgan fingerprint density at radius 2 is 0.489 bits per heavy atom. The van der Waals surface area contributed by atoms with Crippen LogP contribution < -0.4 is 0 Å². The van der Waals surface area contributed by atoms with Gasteiger partial charge in [-0.2, -0.15) is 5.26 Å². The van der Waals surface area contributed by atoms with Gasteiger partial charge in [-0.1, -0.05) is 152 Å². The second-order valence-corrected chi connectivity index (χ2v) is 24.6. The van der Waals surface area contributed by atoms with Gasteiger partial charge in [-0.05, 0) is 145 Å². The van der Waals surface area contributed by atoms with Crippen LogP contribution in [0.5, 0.6) is 0 Å². The first-order valence-corrected chi connectivity index (χ1v) is 31.6. The molecule has 0 spiro atoms. The molecule has 0 amide bonds. The van der Waals surface area contributed by atoms with E-state index in [-0.39, 0.29) is 0 Å². The molecule has 0 aliphatic carbocycles. The molecule has 0 aliphatic rings. The maximum atomic E-state index is 16.0. The van der Waals surface area contributed by atoms with Gasteiger partial charge in [-0.3, -0.25) is 0 Å². The highest BCUT2D eigenvalue weighted by atomic mass is 19.1. The molecule has 438 valence electrons. The number of benzene rings is 14. The van der Waals surface area contributed by atoms with Gasteiger partial charge in [0.15, 0.2) is 0 Å². The van der Waals surface area contributed by atoms with Gasteiger partial charge in [0.05, 0.1) is 77.6 Å². The van der Waals surface area contributed by atoms with Crippen LogP contribution >= 0.6 is 0 Å². The summed E-state index contributed by atoms with van der Waals surface area (Å²) in [6, 6.07) is 105. The number of hydrogen-bond acceptors (Lipinski definition) is 1. The zero-order valence-corrected chi connectivity index (χ0v) is 50.2. The van der Waals surface area contributed by atoms with Gasteiger partial charge < -0.3 is 27.4 Å². The molecule has 0 atom stereocenters. The van der Waals surface area contributed by atoms with Crippen molar-refractivity contribution in [1.29, 1.82) is 5.26 Å². The smallest absolute Gasteiger partial charge is 0.126 e. The van der Waals surface area contributed by atoms with E-state index in [1.165, 1.54) is 12.1 Å². The van der Waals surface area contributed by atoms with Gasteiger partial charge in [-0.15, -0.1) is 0 Å². The fourth-order valence-electron chi connectivity index (χ4n) is 15.9. The Bertz CT molecular complexity index is 6160. The van der Waals surface area contributed by atoms with E-state index in [0.717, 1.165) is 160 Å². The molecule has 20 aromatic rings. The Kier molecular flexibility index (Phi) is 10.9. The Balaban J connectivity index is 0.898. The zero-order chi connectivity index (χ0) is 62.0.